The number of nitrogens with one attached hydrogen (secondary N) is 2. The van der Waals surface area contributed by atoms with Gasteiger partial charge in [0.15, 0.2) is 5.12 Å². The zero-order chi connectivity index (χ0) is 28.8. The number of aliphatic hydroxyl groups excluding tert-OH is 2. The standard InChI is InChI=1S/C23H38N3O9PS2/c1-13(2)35-20(29)15(4)25-36(32,33-10-11-37-21(30)23(5,6)7)34-12-16-17(27)18(28)19(38-16)26-9-8-14(3)24-22(26)31/h8-9,13,15-19,27-28H,3,10-12H2,1-2,4-7H3,(H,24,31)(H,25,32)/t15-,16-,17-,18-,19-,36-/m1/s1. The largest absolute Gasteiger partial charge is 0.462 e. The van der Waals surface area contributed by atoms with Gasteiger partial charge in [-0.05, 0) is 26.8 Å². The summed E-state index contributed by atoms with van der Waals surface area (Å²) >= 11 is 2.09. The molecular formula is C23H38N3O9PS2. The lowest BCUT2D eigenvalue weighted by atomic mass is 10.00. The van der Waals surface area contributed by atoms with Crippen molar-refractivity contribution in [3.8, 4) is 0 Å². The van der Waals surface area contributed by atoms with Crippen LogP contribution in [0.3, 0.4) is 0 Å². The summed E-state index contributed by atoms with van der Waals surface area (Å²) in [7, 11) is -4.14. The third-order valence-corrected chi connectivity index (χ3v) is 9.72. The molecule has 15 heteroatoms. The molecule has 0 spiro atoms. The van der Waals surface area contributed by atoms with Crippen LogP contribution in [0.4, 0.5) is 4.79 Å². The Hall–Kier alpha value is -1.38. The molecule has 0 bridgehead atoms. The number of amides is 2. The van der Waals surface area contributed by atoms with Crippen LogP contribution in [-0.4, -0.2) is 86.2 Å². The number of hydrogen-bond acceptors (Lipinski definition) is 11. The fraction of sp³-hybridized carbons (Fsp3) is 0.696. The van der Waals surface area contributed by atoms with E-state index in [1.807, 2.05) is 0 Å². The number of hydrogen-bond donors (Lipinski definition) is 4. The quantitative estimate of drug-likeness (QED) is 0.148. The molecule has 0 saturated carbocycles. The number of urea groups is 1. The summed E-state index contributed by atoms with van der Waals surface area (Å²) in [4.78, 5) is 38.0. The van der Waals surface area contributed by atoms with E-state index in [0.717, 1.165) is 23.5 Å². The molecule has 2 heterocycles. The highest BCUT2D eigenvalue weighted by Crippen LogP contribution is 2.47. The van der Waals surface area contributed by atoms with Crippen LogP contribution in [0.2, 0.25) is 0 Å². The highest BCUT2D eigenvalue weighted by molar-refractivity contribution is 8.13. The summed E-state index contributed by atoms with van der Waals surface area (Å²) in [6, 6.07) is -1.57. The fourth-order valence-electron chi connectivity index (χ4n) is 3.19. The normalized spacial score (nSPS) is 26.3. The fourth-order valence-corrected chi connectivity index (χ4v) is 7.14. The number of rotatable bonds is 12. The van der Waals surface area contributed by atoms with E-state index in [-0.39, 0.29) is 24.1 Å². The first-order chi connectivity index (χ1) is 17.5. The Kier molecular flexibility index (Phi) is 11.9. The summed E-state index contributed by atoms with van der Waals surface area (Å²) in [6.07, 6.45) is -0.0193. The van der Waals surface area contributed by atoms with E-state index in [1.54, 1.807) is 40.7 Å². The van der Waals surface area contributed by atoms with Crippen LogP contribution in [0, 0.1) is 5.41 Å². The van der Waals surface area contributed by atoms with Crippen LogP contribution < -0.4 is 10.4 Å². The minimum absolute atomic E-state index is 0.0661. The second-order valence-electron chi connectivity index (χ2n) is 10.1. The molecule has 0 aromatic rings. The van der Waals surface area contributed by atoms with Gasteiger partial charge in [0.1, 0.15) is 17.5 Å². The first-order valence-corrected chi connectivity index (χ1v) is 15.5. The van der Waals surface area contributed by atoms with Crippen LogP contribution >= 0.6 is 31.3 Å². The molecule has 216 valence electrons. The lowest BCUT2D eigenvalue weighted by Crippen LogP contribution is -2.48. The first kappa shape index (κ1) is 32.8. The van der Waals surface area contributed by atoms with Crippen molar-refractivity contribution >= 4 is 48.4 Å². The maximum atomic E-state index is 13.6. The van der Waals surface area contributed by atoms with Gasteiger partial charge in [-0.15, -0.1) is 11.8 Å². The molecule has 0 aliphatic carbocycles. The average Bonchev–Trinajstić information content (AvgIpc) is 3.08. The maximum absolute atomic E-state index is 13.6. The molecule has 2 rings (SSSR count). The zero-order valence-corrected chi connectivity index (χ0v) is 24.9. The number of aliphatic hydroxyl groups is 2. The lowest BCUT2D eigenvalue weighted by Gasteiger charge is -2.30. The van der Waals surface area contributed by atoms with E-state index in [1.165, 1.54) is 18.0 Å². The summed E-state index contributed by atoms with van der Waals surface area (Å²) in [6.45, 7) is 13.3. The van der Waals surface area contributed by atoms with Crippen molar-refractivity contribution in [2.45, 2.75) is 76.5 Å². The molecule has 4 N–H and O–H groups in total. The van der Waals surface area contributed by atoms with Crippen molar-refractivity contribution in [2.24, 2.45) is 5.41 Å². The molecule has 1 fully saturated rings. The monoisotopic (exact) mass is 595 g/mol. The third kappa shape index (κ3) is 9.37. The number of carbonyl (C=O) groups is 3. The molecule has 2 amide bonds. The van der Waals surface area contributed by atoms with Crippen molar-refractivity contribution in [1.82, 2.24) is 15.3 Å². The number of thioether (sulfide) groups is 2. The Morgan fingerprint density at radius 2 is 1.92 bits per heavy atom. The number of allylic oxidation sites excluding steroid dienone is 1. The molecule has 12 nitrogen and oxygen atoms in total. The number of carbonyl (C=O) groups excluding carboxylic acids is 3. The molecule has 0 unspecified atom stereocenters. The molecule has 0 radical (unpaired) electrons. The van der Waals surface area contributed by atoms with E-state index in [9.17, 15) is 29.2 Å². The predicted molar refractivity (Wildman–Crippen MR) is 146 cm³/mol. The number of nitrogens with zero attached hydrogens (tertiary/aromatic N) is 1. The SMILES string of the molecule is C=C1C=CN([C@@H]2S[C@H](CO[P@@](=O)(N[C@H](C)C(=O)OC(C)C)OCCSC(=O)C(C)(C)C)[C@@H](O)[C@H]2O)C(=O)N1. The van der Waals surface area contributed by atoms with Gasteiger partial charge >= 0.3 is 19.7 Å². The van der Waals surface area contributed by atoms with Gasteiger partial charge in [0.2, 0.25) is 0 Å². The smallest absolute Gasteiger partial charge is 0.406 e. The van der Waals surface area contributed by atoms with Gasteiger partial charge in [-0.2, -0.15) is 0 Å². The zero-order valence-electron chi connectivity index (χ0n) is 22.4. The predicted octanol–water partition coefficient (Wildman–Crippen LogP) is 2.58. The Bertz CT molecular complexity index is 972. The second-order valence-corrected chi connectivity index (χ2v) is 14.3. The van der Waals surface area contributed by atoms with Gasteiger partial charge in [0.05, 0.1) is 30.7 Å². The Labute approximate surface area is 231 Å². The van der Waals surface area contributed by atoms with E-state index in [4.69, 9.17) is 13.8 Å². The molecule has 0 aromatic carbocycles. The van der Waals surface area contributed by atoms with Crippen LogP contribution in [0.1, 0.15) is 41.5 Å². The van der Waals surface area contributed by atoms with Crippen molar-refractivity contribution in [3.05, 3.63) is 24.6 Å². The second kappa shape index (κ2) is 13.8. The van der Waals surface area contributed by atoms with Gasteiger partial charge in [-0.3, -0.25) is 23.5 Å². The molecule has 38 heavy (non-hydrogen) atoms. The van der Waals surface area contributed by atoms with Crippen molar-refractivity contribution in [2.75, 3.05) is 19.0 Å². The summed E-state index contributed by atoms with van der Waals surface area (Å²) < 4.78 is 29.8. The Morgan fingerprint density at radius 3 is 2.50 bits per heavy atom. The van der Waals surface area contributed by atoms with Gasteiger partial charge < -0.3 is 20.3 Å². The molecular weight excluding hydrogens is 557 g/mol. The maximum Gasteiger partial charge on any atom is 0.406 e. The summed E-state index contributed by atoms with van der Waals surface area (Å²) in [5.41, 5.74) is -0.167. The van der Waals surface area contributed by atoms with Gasteiger partial charge in [-0.25, -0.2) is 14.4 Å². The minimum Gasteiger partial charge on any atom is -0.462 e. The van der Waals surface area contributed by atoms with Gasteiger partial charge in [0, 0.05) is 23.1 Å². The molecule has 1 saturated heterocycles. The van der Waals surface area contributed by atoms with Crippen molar-refractivity contribution in [3.63, 3.8) is 0 Å². The lowest BCUT2D eigenvalue weighted by molar-refractivity contribution is -0.149. The molecule has 2 aliphatic heterocycles. The first-order valence-electron chi connectivity index (χ1n) is 12.1. The summed E-state index contributed by atoms with van der Waals surface area (Å²) in [5.74, 6) is -0.473. The van der Waals surface area contributed by atoms with Crippen molar-refractivity contribution < 1.29 is 42.9 Å². The minimum atomic E-state index is -4.14. The van der Waals surface area contributed by atoms with Crippen LogP contribution in [0.15, 0.2) is 24.6 Å². The van der Waals surface area contributed by atoms with Crippen molar-refractivity contribution in [1.29, 1.82) is 0 Å². The van der Waals surface area contributed by atoms with Gasteiger partial charge in [-0.1, -0.05) is 39.1 Å². The van der Waals surface area contributed by atoms with E-state index in [2.05, 4.69) is 17.0 Å². The summed E-state index contributed by atoms with van der Waals surface area (Å²) in [5, 5.41) is 24.6. The molecule has 6 atom stereocenters. The van der Waals surface area contributed by atoms with Crippen LogP contribution in [0.25, 0.3) is 0 Å². The Morgan fingerprint density at radius 1 is 1.26 bits per heavy atom. The highest BCUT2D eigenvalue weighted by atomic mass is 32.2. The average molecular weight is 596 g/mol. The highest BCUT2D eigenvalue weighted by Gasteiger charge is 2.47. The number of ether oxygens (including phenoxy) is 1. The van der Waals surface area contributed by atoms with Gasteiger partial charge in [0.25, 0.3) is 0 Å². The molecule has 0 aromatic heterocycles. The number of esters is 1. The molecule has 2 aliphatic rings. The van der Waals surface area contributed by atoms with Crippen LogP contribution in [0.5, 0.6) is 0 Å². The third-order valence-electron chi connectivity index (χ3n) is 5.21. The van der Waals surface area contributed by atoms with E-state index >= 15 is 0 Å². The van der Waals surface area contributed by atoms with E-state index in [0.29, 0.717) is 5.70 Å². The van der Waals surface area contributed by atoms with E-state index < -0.39 is 60.1 Å². The Balaban J connectivity index is 2.07. The van der Waals surface area contributed by atoms with Crippen LogP contribution in [-0.2, 0) is 27.9 Å². The topological polar surface area (TPSA) is 164 Å².